The maximum atomic E-state index is 13.5. The van der Waals surface area contributed by atoms with E-state index in [2.05, 4.69) is 9.80 Å². The molecule has 1 aliphatic heterocycles. The Labute approximate surface area is 186 Å². The lowest BCUT2D eigenvalue weighted by Gasteiger charge is -2.36. The predicted octanol–water partition coefficient (Wildman–Crippen LogP) is 4.03. The van der Waals surface area contributed by atoms with Gasteiger partial charge in [-0.3, -0.25) is 9.69 Å². The summed E-state index contributed by atoms with van der Waals surface area (Å²) in [5.41, 5.74) is 1.80. The molecule has 7 heteroatoms. The number of hydrogen-bond acceptors (Lipinski definition) is 6. The van der Waals surface area contributed by atoms with Gasteiger partial charge in [-0.25, -0.2) is 9.18 Å². The lowest BCUT2D eigenvalue weighted by atomic mass is 10.0. The van der Waals surface area contributed by atoms with Crippen molar-refractivity contribution in [2.45, 2.75) is 20.3 Å². The molecular formula is C25H27FN2O4. The zero-order valence-electron chi connectivity index (χ0n) is 18.4. The molecule has 0 N–H and O–H groups in total. The number of halogens is 1. The number of carbonyl (C=O) groups is 1. The fourth-order valence-corrected chi connectivity index (χ4v) is 4.19. The molecule has 2 aromatic carbocycles. The van der Waals surface area contributed by atoms with E-state index in [1.54, 1.807) is 18.2 Å². The van der Waals surface area contributed by atoms with Crippen LogP contribution in [0.1, 0.15) is 29.3 Å². The number of rotatable bonds is 7. The van der Waals surface area contributed by atoms with E-state index in [9.17, 15) is 14.0 Å². The first-order chi connectivity index (χ1) is 15.4. The van der Waals surface area contributed by atoms with Crippen molar-refractivity contribution in [1.29, 1.82) is 0 Å². The summed E-state index contributed by atoms with van der Waals surface area (Å²) in [6.07, 6.45) is 0.799. The summed E-state index contributed by atoms with van der Waals surface area (Å²) < 4.78 is 24.7. The SMILES string of the molecule is CC(=O)c1c(OCCCN2CCN(c3cccc(F)c3)CC2)ccc2c(C)cc(=O)oc12. The first-order valence-corrected chi connectivity index (χ1v) is 10.9. The Morgan fingerprint density at radius 1 is 1.12 bits per heavy atom. The number of benzene rings is 2. The molecule has 0 unspecified atom stereocenters. The molecule has 168 valence electrons. The van der Waals surface area contributed by atoms with Gasteiger partial charge in [0.05, 0.1) is 6.61 Å². The van der Waals surface area contributed by atoms with Crippen LogP contribution in [0.4, 0.5) is 10.1 Å². The van der Waals surface area contributed by atoms with Crippen LogP contribution < -0.4 is 15.3 Å². The van der Waals surface area contributed by atoms with Crippen molar-refractivity contribution in [2.24, 2.45) is 0 Å². The van der Waals surface area contributed by atoms with Gasteiger partial charge in [0.2, 0.25) is 0 Å². The quantitative estimate of drug-likeness (QED) is 0.315. The number of piperazine rings is 1. The van der Waals surface area contributed by atoms with Crippen LogP contribution in [0.5, 0.6) is 5.75 Å². The largest absolute Gasteiger partial charge is 0.493 e. The fourth-order valence-electron chi connectivity index (χ4n) is 4.19. The third-order valence-corrected chi connectivity index (χ3v) is 5.86. The van der Waals surface area contributed by atoms with Crippen molar-refractivity contribution in [3.05, 3.63) is 69.8 Å². The van der Waals surface area contributed by atoms with E-state index in [0.717, 1.165) is 55.8 Å². The number of carbonyl (C=O) groups excluding carboxylic acids is 1. The molecule has 1 saturated heterocycles. The fraction of sp³-hybridized carbons (Fsp3) is 0.360. The molecule has 32 heavy (non-hydrogen) atoms. The number of nitrogens with zero attached hydrogens (tertiary/aromatic N) is 2. The first-order valence-electron chi connectivity index (χ1n) is 10.9. The lowest BCUT2D eigenvalue weighted by molar-refractivity contribution is 0.101. The molecule has 0 aliphatic carbocycles. The van der Waals surface area contributed by atoms with Gasteiger partial charge < -0.3 is 14.1 Å². The van der Waals surface area contributed by atoms with Crippen molar-refractivity contribution in [3.8, 4) is 5.75 Å². The van der Waals surface area contributed by atoms with Crippen LogP contribution in [0.15, 0.2) is 51.7 Å². The second kappa shape index (κ2) is 9.53. The second-order valence-corrected chi connectivity index (χ2v) is 8.13. The summed E-state index contributed by atoms with van der Waals surface area (Å²) in [7, 11) is 0. The van der Waals surface area contributed by atoms with Crippen LogP contribution in [0.2, 0.25) is 0 Å². The van der Waals surface area contributed by atoms with Crippen LogP contribution in [0, 0.1) is 12.7 Å². The highest BCUT2D eigenvalue weighted by atomic mass is 19.1. The second-order valence-electron chi connectivity index (χ2n) is 8.13. The third kappa shape index (κ3) is 4.83. The van der Waals surface area contributed by atoms with E-state index in [4.69, 9.17) is 9.15 Å². The summed E-state index contributed by atoms with van der Waals surface area (Å²) >= 11 is 0. The zero-order valence-corrected chi connectivity index (χ0v) is 18.4. The van der Waals surface area contributed by atoms with Crippen LogP contribution in [-0.4, -0.2) is 50.0 Å². The van der Waals surface area contributed by atoms with E-state index >= 15 is 0 Å². The van der Waals surface area contributed by atoms with Crippen molar-refractivity contribution >= 4 is 22.4 Å². The number of ketones is 1. The number of hydrogen-bond donors (Lipinski definition) is 0. The van der Waals surface area contributed by atoms with Gasteiger partial charge in [-0.1, -0.05) is 6.07 Å². The normalized spacial score (nSPS) is 14.7. The molecule has 0 atom stereocenters. The van der Waals surface area contributed by atoms with E-state index < -0.39 is 5.63 Å². The topological polar surface area (TPSA) is 63.0 Å². The molecule has 1 aromatic heterocycles. The molecule has 0 spiro atoms. The van der Waals surface area contributed by atoms with E-state index in [1.165, 1.54) is 19.1 Å². The summed E-state index contributed by atoms with van der Waals surface area (Å²) in [6.45, 7) is 8.08. The molecular weight excluding hydrogens is 411 g/mol. The van der Waals surface area contributed by atoms with E-state index in [1.807, 2.05) is 19.1 Å². The van der Waals surface area contributed by atoms with Crippen LogP contribution >= 0.6 is 0 Å². The third-order valence-electron chi connectivity index (χ3n) is 5.86. The van der Waals surface area contributed by atoms with Crippen molar-refractivity contribution in [1.82, 2.24) is 4.90 Å². The maximum Gasteiger partial charge on any atom is 0.336 e. The smallest absolute Gasteiger partial charge is 0.336 e. The van der Waals surface area contributed by atoms with Crippen molar-refractivity contribution in [3.63, 3.8) is 0 Å². The minimum absolute atomic E-state index is 0.201. The molecule has 0 saturated carbocycles. The van der Waals surface area contributed by atoms with Crippen LogP contribution in [0.3, 0.4) is 0 Å². The average Bonchev–Trinajstić information content (AvgIpc) is 2.76. The Bertz CT molecular complexity index is 1180. The number of aryl methyl sites for hydroxylation is 1. The minimum atomic E-state index is -0.480. The number of anilines is 1. The van der Waals surface area contributed by atoms with Gasteiger partial charge >= 0.3 is 5.63 Å². The summed E-state index contributed by atoms with van der Waals surface area (Å²) in [6, 6.07) is 11.7. The Kier molecular flexibility index (Phi) is 6.55. The van der Waals surface area contributed by atoms with Gasteiger partial charge in [-0.15, -0.1) is 0 Å². The summed E-state index contributed by atoms with van der Waals surface area (Å²) in [5.74, 6) is 0.0256. The standard InChI is InChI=1S/C25H27FN2O4/c1-17-15-23(30)32-25-21(17)7-8-22(24(25)18(2)29)31-14-4-9-27-10-12-28(13-11-27)20-6-3-5-19(26)16-20/h3,5-8,15-16H,4,9-14H2,1-2H3. The Balaban J connectivity index is 1.33. The number of fused-ring (bicyclic) bond motifs is 1. The molecule has 3 aromatic rings. The van der Waals surface area contributed by atoms with Gasteiger partial charge in [0, 0.05) is 49.9 Å². The average molecular weight is 438 g/mol. The van der Waals surface area contributed by atoms with Crippen LogP contribution in [0.25, 0.3) is 11.0 Å². The van der Waals surface area contributed by atoms with Crippen molar-refractivity contribution < 1.29 is 18.3 Å². The molecule has 1 aliphatic rings. The molecule has 6 nitrogen and oxygen atoms in total. The van der Waals surface area contributed by atoms with Gasteiger partial charge in [-0.05, 0) is 56.2 Å². The van der Waals surface area contributed by atoms with Gasteiger partial charge in [0.15, 0.2) is 11.4 Å². The molecule has 1 fully saturated rings. The van der Waals surface area contributed by atoms with E-state index in [0.29, 0.717) is 17.9 Å². The molecule has 0 radical (unpaired) electrons. The van der Waals surface area contributed by atoms with Gasteiger partial charge in [-0.2, -0.15) is 0 Å². The molecule has 0 bridgehead atoms. The summed E-state index contributed by atoms with van der Waals surface area (Å²) in [5, 5.41) is 0.735. The first kappa shape index (κ1) is 22.0. The van der Waals surface area contributed by atoms with Crippen molar-refractivity contribution in [2.75, 3.05) is 44.2 Å². The molecule has 4 rings (SSSR count). The van der Waals surface area contributed by atoms with Gasteiger partial charge in [0.1, 0.15) is 17.1 Å². The zero-order chi connectivity index (χ0) is 22.7. The van der Waals surface area contributed by atoms with Gasteiger partial charge in [0.25, 0.3) is 0 Å². The summed E-state index contributed by atoms with van der Waals surface area (Å²) in [4.78, 5) is 28.6. The Morgan fingerprint density at radius 3 is 2.62 bits per heavy atom. The Morgan fingerprint density at radius 2 is 1.91 bits per heavy atom. The highest BCUT2D eigenvalue weighted by Gasteiger charge is 2.19. The van der Waals surface area contributed by atoms with Crippen LogP contribution in [-0.2, 0) is 0 Å². The number of ether oxygens (including phenoxy) is 1. The number of Topliss-reactive ketones (excluding diaryl/α,β-unsaturated/α-hetero) is 1. The lowest BCUT2D eigenvalue weighted by Crippen LogP contribution is -2.46. The predicted molar refractivity (Wildman–Crippen MR) is 122 cm³/mol. The maximum absolute atomic E-state index is 13.5. The Hall–Kier alpha value is -3.19. The highest BCUT2D eigenvalue weighted by molar-refractivity contribution is 6.07. The highest BCUT2D eigenvalue weighted by Crippen LogP contribution is 2.29. The molecule has 0 amide bonds. The van der Waals surface area contributed by atoms with E-state index in [-0.39, 0.29) is 17.2 Å². The minimum Gasteiger partial charge on any atom is -0.493 e. The monoisotopic (exact) mass is 438 g/mol. The molecule has 2 heterocycles.